The molecule has 0 saturated carbocycles. The van der Waals surface area contributed by atoms with Gasteiger partial charge in [-0.1, -0.05) is 140 Å². The molecule has 0 N–H and O–H groups in total. The molecule has 8 aromatic rings. The van der Waals surface area contributed by atoms with Crippen molar-refractivity contribution in [1.82, 2.24) is 0 Å². The number of anilines is 3. The average Bonchev–Trinajstić information content (AvgIpc) is 3.13. The van der Waals surface area contributed by atoms with Crippen molar-refractivity contribution in [3.63, 3.8) is 0 Å². The van der Waals surface area contributed by atoms with Crippen LogP contribution in [0.25, 0.3) is 60.1 Å². The third-order valence-corrected chi connectivity index (χ3v) is 8.88. The summed E-state index contributed by atoms with van der Waals surface area (Å²) in [6.45, 7) is 7.93. The minimum absolute atomic E-state index is 0.580. The molecule has 3 nitrogen and oxygen atoms in total. The third-order valence-electron chi connectivity index (χ3n) is 8.88. The van der Waals surface area contributed by atoms with Crippen LogP contribution in [-0.2, 0) is 0 Å². The van der Waals surface area contributed by atoms with Gasteiger partial charge in [-0.3, -0.25) is 0 Å². The van der Waals surface area contributed by atoms with E-state index >= 15 is 0 Å². The van der Waals surface area contributed by atoms with Gasteiger partial charge in [0.25, 0.3) is 0 Å². The number of benzene rings is 8. The van der Waals surface area contributed by atoms with E-state index in [1.165, 1.54) is 21.5 Å². The second kappa shape index (κ2) is 11.7. The van der Waals surface area contributed by atoms with Gasteiger partial charge in [0.2, 0.25) is 5.69 Å². The van der Waals surface area contributed by atoms with Crippen molar-refractivity contribution in [3.8, 4) is 6.07 Å². The van der Waals surface area contributed by atoms with Crippen LogP contribution in [-0.4, -0.2) is 0 Å². The van der Waals surface area contributed by atoms with E-state index in [0.29, 0.717) is 11.3 Å². The summed E-state index contributed by atoms with van der Waals surface area (Å²) in [6, 6.07) is 54.6. The Morgan fingerprint density at radius 1 is 0.511 bits per heavy atom. The maximum absolute atomic E-state index is 9.98. The topological polar surface area (TPSA) is 31.4 Å². The molecule has 0 unspecified atom stereocenters. The van der Waals surface area contributed by atoms with Crippen molar-refractivity contribution in [2.24, 2.45) is 0 Å². The zero-order valence-electron chi connectivity index (χ0n) is 25.4. The molecule has 0 aliphatic rings. The Morgan fingerprint density at radius 3 is 1.64 bits per heavy atom. The fourth-order valence-corrected chi connectivity index (χ4v) is 6.66. The molecule has 0 amide bonds. The number of nitriles is 1. The summed E-state index contributed by atoms with van der Waals surface area (Å²) >= 11 is 0. The molecule has 0 aromatic heterocycles. The lowest BCUT2D eigenvalue weighted by atomic mass is 9.94. The highest BCUT2D eigenvalue weighted by Crippen LogP contribution is 2.42. The Morgan fingerprint density at radius 2 is 1.02 bits per heavy atom. The second-order valence-corrected chi connectivity index (χ2v) is 11.6. The summed E-state index contributed by atoms with van der Waals surface area (Å²) in [4.78, 5) is 6.24. The van der Waals surface area contributed by atoms with E-state index in [1.54, 1.807) is 0 Å². The highest BCUT2D eigenvalue weighted by molar-refractivity contribution is 6.15. The molecule has 0 aliphatic heterocycles. The number of rotatable bonds is 5. The summed E-state index contributed by atoms with van der Waals surface area (Å²) in [5, 5.41) is 18.0. The van der Waals surface area contributed by atoms with E-state index in [4.69, 9.17) is 6.57 Å². The van der Waals surface area contributed by atoms with Crippen LogP contribution in [0.2, 0.25) is 0 Å². The van der Waals surface area contributed by atoms with Crippen LogP contribution < -0.4 is 4.90 Å². The van der Waals surface area contributed by atoms with Crippen molar-refractivity contribution in [1.29, 1.82) is 5.26 Å². The van der Waals surface area contributed by atoms with Gasteiger partial charge >= 0.3 is 0 Å². The fourth-order valence-electron chi connectivity index (χ4n) is 6.66. The lowest BCUT2D eigenvalue weighted by Crippen LogP contribution is -2.11. The van der Waals surface area contributed by atoms with Crippen molar-refractivity contribution in [3.05, 3.63) is 180 Å². The standard InChI is InChI=1S/C44H27N3/c1-46-44-39-17-7-6-16-37(39)41(29-45)38-27-24-31(28-40(38)44)21-20-30-22-25-34(26-23-30)47(42-18-8-12-32-10-2-4-14-35(32)42)43-19-9-13-33-11-3-5-15-36(33)43/h2-28H/b21-20-. The van der Waals surface area contributed by atoms with Crippen molar-refractivity contribution in [2.75, 3.05) is 4.90 Å². The predicted molar refractivity (Wildman–Crippen MR) is 197 cm³/mol. The molecule has 0 heterocycles. The van der Waals surface area contributed by atoms with Crippen LogP contribution in [0.15, 0.2) is 152 Å². The first-order valence-corrected chi connectivity index (χ1v) is 15.5. The van der Waals surface area contributed by atoms with E-state index < -0.39 is 0 Å². The van der Waals surface area contributed by atoms with E-state index in [-0.39, 0.29) is 0 Å². The molecule has 0 bridgehead atoms. The van der Waals surface area contributed by atoms with Gasteiger partial charge in [-0.25, -0.2) is 4.85 Å². The van der Waals surface area contributed by atoms with Gasteiger partial charge in [0, 0.05) is 16.5 Å². The van der Waals surface area contributed by atoms with E-state index in [0.717, 1.165) is 49.7 Å². The summed E-state index contributed by atoms with van der Waals surface area (Å²) in [6.07, 6.45) is 4.16. The van der Waals surface area contributed by atoms with E-state index in [1.807, 2.05) is 42.5 Å². The maximum atomic E-state index is 9.98. The van der Waals surface area contributed by atoms with Crippen molar-refractivity contribution in [2.45, 2.75) is 0 Å². The predicted octanol–water partition coefficient (Wildman–Crippen LogP) is 12.4. The minimum Gasteiger partial charge on any atom is -0.309 e. The van der Waals surface area contributed by atoms with Crippen molar-refractivity contribution < 1.29 is 0 Å². The van der Waals surface area contributed by atoms with E-state index in [2.05, 4.69) is 137 Å². The number of fused-ring (bicyclic) bond motifs is 4. The van der Waals surface area contributed by atoms with Gasteiger partial charge < -0.3 is 4.90 Å². The molecule has 0 saturated heterocycles. The Kier molecular flexibility index (Phi) is 6.92. The minimum atomic E-state index is 0.580. The van der Waals surface area contributed by atoms with Gasteiger partial charge in [-0.15, -0.1) is 0 Å². The van der Waals surface area contributed by atoms with Crippen LogP contribution in [0.3, 0.4) is 0 Å². The Balaban J connectivity index is 1.20. The zero-order valence-corrected chi connectivity index (χ0v) is 25.4. The largest absolute Gasteiger partial charge is 0.309 e. The molecule has 0 spiro atoms. The quantitative estimate of drug-likeness (QED) is 0.112. The number of hydrogen-bond donors (Lipinski definition) is 0. The molecular weight excluding hydrogens is 571 g/mol. The van der Waals surface area contributed by atoms with Crippen LogP contribution in [0, 0.1) is 17.9 Å². The molecule has 47 heavy (non-hydrogen) atoms. The smallest absolute Gasteiger partial charge is 0.202 e. The Hall–Kier alpha value is -6.68. The van der Waals surface area contributed by atoms with Gasteiger partial charge in [0.1, 0.15) is 6.07 Å². The highest BCUT2D eigenvalue weighted by atomic mass is 15.1. The van der Waals surface area contributed by atoms with Gasteiger partial charge in [0.15, 0.2) is 0 Å². The van der Waals surface area contributed by atoms with Crippen LogP contribution in [0.5, 0.6) is 0 Å². The van der Waals surface area contributed by atoms with Gasteiger partial charge in [-0.05, 0) is 67.7 Å². The lowest BCUT2D eigenvalue weighted by Gasteiger charge is -2.28. The van der Waals surface area contributed by atoms with Crippen LogP contribution >= 0.6 is 0 Å². The lowest BCUT2D eigenvalue weighted by molar-refractivity contribution is 1.31. The highest BCUT2D eigenvalue weighted by Gasteiger charge is 2.18. The second-order valence-electron chi connectivity index (χ2n) is 11.6. The third kappa shape index (κ3) is 4.84. The molecule has 218 valence electrons. The molecule has 3 heteroatoms. The summed E-state index contributed by atoms with van der Waals surface area (Å²) in [7, 11) is 0. The molecule has 0 aliphatic carbocycles. The summed E-state index contributed by atoms with van der Waals surface area (Å²) in [5.74, 6) is 0. The van der Waals surface area contributed by atoms with E-state index in [9.17, 15) is 5.26 Å². The van der Waals surface area contributed by atoms with Gasteiger partial charge in [-0.2, -0.15) is 5.26 Å². The Bertz CT molecular complexity index is 2510. The molecule has 0 radical (unpaired) electrons. The first kappa shape index (κ1) is 27.8. The first-order chi connectivity index (χ1) is 23.2. The number of hydrogen-bond acceptors (Lipinski definition) is 2. The zero-order chi connectivity index (χ0) is 31.7. The molecule has 0 fully saturated rings. The van der Waals surface area contributed by atoms with Crippen molar-refractivity contribution >= 4 is 78.0 Å². The summed E-state index contributed by atoms with van der Waals surface area (Å²) in [5.41, 5.74) is 6.54. The molecule has 8 rings (SSSR count). The van der Waals surface area contributed by atoms with Gasteiger partial charge in [0.05, 0.1) is 23.5 Å². The number of nitrogens with zero attached hydrogens (tertiary/aromatic N) is 3. The normalized spacial score (nSPS) is 11.3. The molecule has 0 atom stereocenters. The Labute approximate surface area is 273 Å². The average molecular weight is 598 g/mol. The fraction of sp³-hybridized carbons (Fsp3) is 0. The van der Waals surface area contributed by atoms with Crippen LogP contribution in [0.1, 0.15) is 16.7 Å². The first-order valence-electron chi connectivity index (χ1n) is 15.5. The molecular formula is C44H27N3. The SMILES string of the molecule is [C-]#[N+]c1c2ccccc2c(C#N)c2ccc(/C=C\c3ccc(N(c4cccc5ccccc45)c4cccc5ccccc45)cc3)cc12. The molecule has 8 aromatic carbocycles. The maximum Gasteiger partial charge on any atom is 0.202 e. The monoisotopic (exact) mass is 597 g/mol. The van der Waals surface area contributed by atoms with Crippen LogP contribution in [0.4, 0.5) is 22.7 Å². The summed E-state index contributed by atoms with van der Waals surface area (Å²) < 4.78 is 0.